The molecular weight excluding hydrogens is 578 g/mol. The van der Waals surface area contributed by atoms with Gasteiger partial charge in [0.15, 0.2) is 11.6 Å². The van der Waals surface area contributed by atoms with Gasteiger partial charge in [0.25, 0.3) is 0 Å². The lowest BCUT2D eigenvalue weighted by atomic mass is 10.0. The van der Waals surface area contributed by atoms with E-state index < -0.39 is 18.0 Å². The third kappa shape index (κ3) is 7.56. The zero-order valence-electron chi connectivity index (χ0n) is 23.9. The normalized spacial score (nSPS) is 11.4. The Balaban J connectivity index is 1.34. The molecule has 0 spiro atoms. The third-order valence-electron chi connectivity index (χ3n) is 6.90. The standard InChI is InChI=1S/C34H30ClN5O4/c1-23-38-39-31(40(23)30-18-17-27(35)20-28(30)32(41)26-15-9-4-10-16-26)21-36-33(42)29(19-24-11-5-2-6-12-24)37-34(43)44-22-25-13-7-3-8-14-25/h2-18,20,29H,19,21-22H2,1H3,(H,36,42)(H,37,43)/t29-/m0/s1. The molecule has 1 aromatic heterocycles. The van der Waals surface area contributed by atoms with Crippen molar-refractivity contribution in [2.75, 3.05) is 0 Å². The molecule has 5 rings (SSSR count). The van der Waals surface area contributed by atoms with Crippen LogP contribution in [-0.4, -0.2) is 38.6 Å². The van der Waals surface area contributed by atoms with Crippen LogP contribution in [-0.2, 0) is 29.1 Å². The van der Waals surface area contributed by atoms with Crippen LogP contribution < -0.4 is 10.6 Å². The molecule has 2 N–H and O–H groups in total. The van der Waals surface area contributed by atoms with E-state index in [1.165, 1.54) is 0 Å². The quantitative estimate of drug-likeness (QED) is 0.189. The summed E-state index contributed by atoms with van der Waals surface area (Å²) in [7, 11) is 0. The highest BCUT2D eigenvalue weighted by Crippen LogP contribution is 2.25. The largest absolute Gasteiger partial charge is 0.445 e. The molecule has 0 aliphatic rings. The average Bonchev–Trinajstić information content (AvgIpc) is 3.43. The molecule has 2 amide bonds. The van der Waals surface area contributed by atoms with Crippen LogP contribution in [0.25, 0.3) is 5.69 Å². The Morgan fingerprint density at radius 1 is 0.841 bits per heavy atom. The number of ether oxygens (including phenoxy) is 1. The minimum Gasteiger partial charge on any atom is -0.445 e. The maximum atomic E-state index is 13.5. The maximum absolute atomic E-state index is 13.5. The Kier molecular flexibility index (Phi) is 9.78. The van der Waals surface area contributed by atoms with Crippen molar-refractivity contribution in [1.29, 1.82) is 0 Å². The first kappa shape index (κ1) is 30.2. The summed E-state index contributed by atoms with van der Waals surface area (Å²) < 4.78 is 7.08. The minimum absolute atomic E-state index is 0.0205. The Labute approximate surface area is 259 Å². The fourth-order valence-electron chi connectivity index (χ4n) is 4.72. The summed E-state index contributed by atoms with van der Waals surface area (Å²) >= 11 is 6.30. The first-order valence-corrected chi connectivity index (χ1v) is 14.4. The highest BCUT2D eigenvalue weighted by molar-refractivity contribution is 6.31. The molecule has 0 saturated heterocycles. The Bertz CT molecular complexity index is 1740. The smallest absolute Gasteiger partial charge is 0.408 e. The number of alkyl carbamates (subject to hydrolysis) is 1. The monoisotopic (exact) mass is 607 g/mol. The van der Waals surface area contributed by atoms with Gasteiger partial charge in [0.2, 0.25) is 5.91 Å². The van der Waals surface area contributed by atoms with Crippen LogP contribution in [0.1, 0.15) is 38.7 Å². The van der Waals surface area contributed by atoms with E-state index in [1.807, 2.05) is 66.7 Å². The lowest BCUT2D eigenvalue weighted by Crippen LogP contribution is -2.48. The van der Waals surface area contributed by atoms with Crippen LogP contribution in [0, 0.1) is 6.92 Å². The second-order valence-corrected chi connectivity index (χ2v) is 10.5. The van der Waals surface area contributed by atoms with Crippen molar-refractivity contribution in [2.45, 2.75) is 32.5 Å². The third-order valence-corrected chi connectivity index (χ3v) is 7.13. The number of aryl methyl sites for hydroxylation is 1. The summed E-state index contributed by atoms with van der Waals surface area (Å²) in [6.07, 6.45) is -0.472. The fraction of sp³-hybridized carbons (Fsp3) is 0.147. The van der Waals surface area contributed by atoms with Crippen LogP contribution in [0.5, 0.6) is 0 Å². The molecule has 222 valence electrons. The fourth-order valence-corrected chi connectivity index (χ4v) is 4.89. The summed E-state index contributed by atoms with van der Waals surface area (Å²) in [6.45, 7) is 1.80. The van der Waals surface area contributed by atoms with E-state index in [9.17, 15) is 14.4 Å². The predicted molar refractivity (Wildman–Crippen MR) is 167 cm³/mol. The molecular formula is C34H30ClN5O4. The molecule has 0 radical (unpaired) electrons. The van der Waals surface area contributed by atoms with E-state index in [0.717, 1.165) is 11.1 Å². The van der Waals surface area contributed by atoms with E-state index in [-0.39, 0.29) is 25.4 Å². The molecule has 9 nitrogen and oxygen atoms in total. The van der Waals surface area contributed by atoms with E-state index >= 15 is 0 Å². The number of carbonyl (C=O) groups excluding carboxylic acids is 3. The van der Waals surface area contributed by atoms with Crippen molar-refractivity contribution in [2.24, 2.45) is 0 Å². The Morgan fingerprint density at radius 2 is 1.48 bits per heavy atom. The predicted octanol–water partition coefficient (Wildman–Crippen LogP) is 5.61. The number of hydrogen-bond donors (Lipinski definition) is 2. The molecule has 0 saturated carbocycles. The summed E-state index contributed by atoms with van der Waals surface area (Å²) in [5.74, 6) is 0.259. The summed E-state index contributed by atoms with van der Waals surface area (Å²) in [6, 6.07) is 31.6. The number of halogens is 1. The second kappa shape index (κ2) is 14.3. The van der Waals surface area contributed by atoms with Crippen LogP contribution in [0.4, 0.5) is 4.79 Å². The van der Waals surface area contributed by atoms with Crippen LogP contribution in [0.15, 0.2) is 109 Å². The lowest BCUT2D eigenvalue weighted by Gasteiger charge is -2.19. The topological polar surface area (TPSA) is 115 Å². The highest BCUT2D eigenvalue weighted by Gasteiger charge is 2.24. The molecule has 0 bridgehead atoms. The van der Waals surface area contributed by atoms with Gasteiger partial charge in [0.1, 0.15) is 18.5 Å². The number of rotatable bonds is 11. The SMILES string of the molecule is Cc1nnc(CNC(=O)[C@H](Cc2ccccc2)NC(=O)OCc2ccccc2)n1-c1ccc(Cl)cc1C(=O)c1ccccc1. The zero-order valence-corrected chi connectivity index (χ0v) is 24.7. The van der Waals surface area contributed by atoms with Gasteiger partial charge in [-0.15, -0.1) is 10.2 Å². The number of benzene rings is 4. The highest BCUT2D eigenvalue weighted by atomic mass is 35.5. The number of nitrogens with zero attached hydrogens (tertiary/aromatic N) is 3. The number of carbonyl (C=O) groups is 3. The van der Waals surface area contributed by atoms with E-state index in [4.69, 9.17) is 16.3 Å². The molecule has 1 atom stereocenters. The summed E-state index contributed by atoms with van der Waals surface area (Å²) in [4.78, 5) is 39.7. The molecule has 4 aromatic carbocycles. The van der Waals surface area contributed by atoms with Gasteiger partial charge in [-0.1, -0.05) is 103 Å². The molecule has 0 aliphatic heterocycles. The van der Waals surface area contributed by atoms with Gasteiger partial charge < -0.3 is 15.4 Å². The number of hydrogen-bond acceptors (Lipinski definition) is 6. The van der Waals surface area contributed by atoms with Gasteiger partial charge in [-0.2, -0.15) is 0 Å². The lowest BCUT2D eigenvalue weighted by molar-refractivity contribution is -0.123. The molecule has 0 aliphatic carbocycles. The molecule has 1 heterocycles. The van der Waals surface area contributed by atoms with Gasteiger partial charge in [-0.25, -0.2) is 4.79 Å². The van der Waals surface area contributed by atoms with Gasteiger partial charge in [-0.05, 0) is 36.2 Å². The maximum Gasteiger partial charge on any atom is 0.408 e. The first-order chi connectivity index (χ1) is 21.4. The van der Waals surface area contributed by atoms with Crippen LogP contribution in [0.3, 0.4) is 0 Å². The summed E-state index contributed by atoms with van der Waals surface area (Å²) in [5, 5.41) is 14.4. The van der Waals surface area contributed by atoms with E-state index in [0.29, 0.717) is 33.5 Å². The first-order valence-electron chi connectivity index (χ1n) is 14.0. The molecule has 0 unspecified atom stereocenters. The molecule has 5 aromatic rings. The van der Waals surface area contributed by atoms with E-state index in [2.05, 4.69) is 20.8 Å². The Morgan fingerprint density at radius 3 is 2.16 bits per heavy atom. The van der Waals surface area contributed by atoms with Gasteiger partial charge in [0.05, 0.1) is 12.2 Å². The van der Waals surface area contributed by atoms with Crippen molar-refractivity contribution in [3.05, 3.63) is 148 Å². The van der Waals surface area contributed by atoms with Crippen molar-refractivity contribution in [3.63, 3.8) is 0 Å². The number of aromatic nitrogens is 3. The average molecular weight is 608 g/mol. The van der Waals surface area contributed by atoms with Crippen molar-refractivity contribution >= 4 is 29.4 Å². The van der Waals surface area contributed by atoms with E-state index in [1.54, 1.807) is 54.0 Å². The van der Waals surface area contributed by atoms with Gasteiger partial charge >= 0.3 is 6.09 Å². The van der Waals surface area contributed by atoms with Crippen LogP contribution >= 0.6 is 11.6 Å². The van der Waals surface area contributed by atoms with Gasteiger partial charge in [0, 0.05) is 22.6 Å². The van der Waals surface area contributed by atoms with Gasteiger partial charge in [-0.3, -0.25) is 14.2 Å². The number of nitrogens with one attached hydrogen (secondary N) is 2. The molecule has 0 fully saturated rings. The zero-order chi connectivity index (χ0) is 30.9. The molecule has 44 heavy (non-hydrogen) atoms. The van der Waals surface area contributed by atoms with Crippen molar-refractivity contribution in [1.82, 2.24) is 25.4 Å². The Hall–Kier alpha value is -5.28. The van der Waals surface area contributed by atoms with Crippen molar-refractivity contribution < 1.29 is 19.1 Å². The van der Waals surface area contributed by atoms with Crippen molar-refractivity contribution in [3.8, 4) is 5.69 Å². The van der Waals surface area contributed by atoms with Crippen LogP contribution in [0.2, 0.25) is 5.02 Å². The summed E-state index contributed by atoms with van der Waals surface area (Å²) in [5.41, 5.74) is 3.09. The minimum atomic E-state index is -0.927. The number of ketones is 1. The molecule has 10 heteroatoms. The number of amides is 2. The second-order valence-electron chi connectivity index (χ2n) is 10.0.